The Balaban J connectivity index is 1.76. The minimum atomic E-state index is -0.0949. The molecule has 3 aliphatic heterocycles. The second-order valence-corrected chi connectivity index (χ2v) is 7.06. The van der Waals surface area contributed by atoms with Gasteiger partial charge in [0.2, 0.25) is 0 Å². The summed E-state index contributed by atoms with van der Waals surface area (Å²) in [7, 11) is 0. The van der Waals surface area contributed by atoms with Crippen molar-refractivity contribution in [3.63, 3.8) is 0 Å². The first-order chi connectivity index (χ1) is 12.2. The highest BCUT2D eigenvalue weighted by atomic mass is 16.3. The molecule has 2 aromatic rings. The number of anilines is 1. The van der Waals surface area contributed by atoms with Gasteiger partial charge in [-0.15, -0.1) is 0 Å². The Bertz CT molecular complexity index is 865. The number of aliphatic hydroxyl groups excluding tert-OH is 1. The molecule has 3 saturated heterocycles. The highest BCUT2D eigenvalue weighted by Crippen LogP contribution is 2.28. The smallest absolute Gasteiger partial charge is 0.265 e. The van der Waals surface area contributed by atoms with Crippen molar-refractivity contribution in [3.05, 3.63) is 40.5 Å². The summed E-state index contributed by atoms with van der Waals surface area (Å²) in [4.78, 5) is 22.2. The zero-order valence-corrected chi connectivity index (χ0v) is 14.6. The third-order valence-corrected chi connectivity index (χ3v) is 5.36. The van der Waals surface area contributed by atoms with Crippen molar-refractivity contribution in [1.82, 2.24) is 14.5 Å². The monoisotopic (exact) mass is 340 g/mol. The average Bonchev–Trinajstić information content (AvgIpc) is 2.97. The van der Waals surface area contributed by atoms with Crippen LogP contribution in [0.25, 0.3) is 17.1 Å². The largest absolute Gasteiger partial charge is 0.392 e. The maximum atomic E-state index is 12.8. The fourth-order valence-corrected chi connectivity index (χ4v) is 3.90. The van der Waals surface area contributed by atoms with E-state index < -0.39 is 0 Å². The molecular weight excluding hydrogens is 316 g/mol. The number of piperidine rings is 1. The summed E-state index contributed by atoms with van der Waals surface area (Å²) in [5.74, 6) is 0. The van der Waals surface area contributed by atoms with E-state index >= 15 is 0 Å². The summed E-state index contributed by atoms with van der Waals surface area (Å²) in [5, 5.41) is 9.81. The Kier molecular flexibility index (Phi) is 4.31. The minimum absolute atomic E-state index is 0.0729. The number of aromatic nitrogens is 2. The molecule has 1 N–H and O–H groups in total. The predicted octanol–water partition coefficient (Wildman–Crippen LogP) is 1.53. The fraction of sp³-hybridized carbons (Fsp3) is 0.474. The quantitative estimate of drug-likeness (QED) is 0.918. The minimum Gasteiger partial charge on any atom is -0.392 e. The van der Waals surface area contributed by atoms with Gasteiger partial charge in [0.15, 0.2) is 0 Å². The molecule has 3 aliphatic rings. The van der Waals surface area contributed by atoms with Gasteiger partial charge in [-0.25, -0.2) is 4.98 Å². The van der Waals surface area contributed by atoms with Crippen molar-refractivity contribution in [1.29, 1.82) is 0 Å². The summed E-state index contributed by atoms with van der Waals surface area (Å²) in [5.41, 5.74) is 2.45. The van der Waals surface area contributed by atoms with Gasteiger partial charge in [-0.3, -0.25) is 9.36 Å². The Morgan fingerprint density at radius 3 is 2.84 bits per heavy atom. The van der Waals surface area contributed by atoms with Gasteiger partial charge >= 0.3 is 0 Å². The van der Waals surface area contributed by atoms with Gasteiger partial charge in [0, 0.05) is 44.1 Å². The van der Waals surface area contributed by atoms with Gasteiger partial charge in [-0.05, 0) is 43.5 Å². The number of aliphatic hydroxyl groups is 1. The molecular formula is C19H24N4O2. The second kappa shape index (κ2) is 6.61. The summed E-state index contributed by atoms with van der Waals surface area (Å²) < 4.78 is 1.46. The number of hydrogen-bond acceptors (Lipinski definition) is 5. The van der Waals surface area contributed by atoms with E-state index in [1.54, 1.807) is 13.1 Å². The maximum Gasteiger partial charge on any atom is 0.265 e. The van der Waals surface area contributed by atoms with Crippen LogP contribution >= 0.6 is 0 Å². The average molecular weight is 340 g/mol. The molecule has 0 atom stereocenters. The lowest BCUT2D eigenvalue weighted by Crippen LogP contribution is -2.38. The van der Waals surface area contributed by atoms with E-state index in [2.05, 4.69) is 20.9 Å². The van der Waals surface area contributed by atoms with Crippen LogP contribution in [-0.2, 0) is 0 Å². The Labute approximate surface area is 147 Å². The van der Waals surface area contributed by atoms with Gasteiger partial charge in [-0.2, -0.15) is 0 Å². The van der Waals surface area contributed by atoms with Gasteiger partial charge in [0.1, 0.15) is 6.33 Å². The van der Waals surface area contributed by atoms with Crippen LogP contribution in [0.1, 0.15) is 19.8 Å². The summed E-state index contributed by atoms with van der Waals surface area (Å²) in [6.07, 6.45) is 5.54. The Hall–Kier alpha value is -2.18. The van der Waals surface area contributed by atoms with Gasteiger partial charge < -0.3 is 14.9 Å². The van der Waals surface area contributed by atoms with E-state index in [4.69, 9.17) is 0 Å². The third kappa shape index (κ3) is 3.07. The van der Waals surface area contributed by atoms with Crippen LogP contribution < -0.4 is 10.5 Å². The molecule has 0 radical (unpaired) electrons. The molecule has 0 unspecified atom stereocenters. The highest BCUT2D eigenvalue weighted by molar-refractivity contribution is 5.82. The molecule has 25 heavy (non-hydrogen) atoms. The third-order valence-electron chi connectivity index (χ3n) is 5.36. The fourth-order valence-electron chi connectivity index (χ4n) is 3.90. The molecule has 3 fully saturated rings. The Morgan fingerprint density at radius 2 is 2.08 bits per heavy atom. The molecule has 132 valence electrons. The molecule has 2 bridgehead atoms. The summed E-state index contributed by atoms with van der Waals surface area (Å²) in [6, 6.07) is 6.57. The number of rotatable bonds is 3. The first kappa shape index (κ1) is 16.3. The zero-order chi connectivity index (χ0) is 17.4. The molecule has 1 aromatic carbocycles. The molecule has 0 amide bonds. The molecule has 0 spiro atoms. The zero-order valence-electron chi connectivity index (χ0n) is 14.6. The van der Waals surface area contributed by atoms with Crippen LogP contribution in [0.4, 0.5) is 5.69 Å². The van der Waals surface area contributed by atoms with Gasteiger partial charge in [-0.1, -0.05) is 0 Å². The van der Waals surface area contributed by atoms with Crippen LogP contribution in [-0.4, -0.2) is 58.4 Å². The van der Waals surface area contributed by atoms with Crippen molar-refractivity contribution < 1.29 is 5.11 Å². The first-order valence-electron chi connectivity index (χ1n) is 8.94. The number of nitrogens with zero attached hydrogens (tertiary/aromatic N) is 4. The standard InChI is InChI=1S/C19H24N4O2/c1-14(12-24)11-22-13-20-18-3-2-16(10-17(18)19(22)25)23-9-8-21-6-4-15(23)5-7-21/h2-3,10-11,13,15,24H,4-9,12H2,1H3/b14-11+. The number of hydrogen-bond donors (Lipinski definition) is 1. The van der Waals surface area contributed by atoms with Crippen molar-refractivity contribution in [2.45, 2.75) is 25.8 Å². The normalized spacial score (nSPS) is 23.9. The molecule has 6 heteroatoms. The summed E-state index contributed by atoms with van der Waals surface area (Å²) >= 11 is 0. The van der Waals surface area contributed by atoms with Gasteiger partial charge in [0.05, 0.1) is 17.5 Å². The lowest BCUT2D eigenvalue weighted by molar-refractivity contribution is 0.250. The van der Waals surface area contributed by atoms with Crippen molar-refractivity contribution in [3.8, 4) is 0 Å². The Morgan fingerprint density at radius 1 is 1.28 bits per heavy atom. The van der Waals surface area contributed by atoms with Crippen LogP contribution in [0.2, 0.25) is 0 Å². The summed E-state index contributed by atoms with van der Waals surface area (Å²) in [6.45, 7) is 6.16. The van der Waals surface area contributed by atoms with Crippen LogP contribution in [0.5, 0.6) is 0 Å². The lowest BCUT2D eigenvalue weighted by atomic mass is 10.0. The second-order valence-electron chi connectivity index (χ2n) is 7.06. The van der Waals surface area contributed by atoms with Crippen molar-refractivity contribution >= 4 is 22.8 Å². The van der Waals surface area contributed by atoms with E-state index in [-0.39, 0.29) is 12.2 Å². The van der Waals surface area contributed by atoms with Crippen LogP contribution in [0, 0.1) is 0 Å². The van der Waals surface area contributed by atoms with Crippen molar-refractivity contribution in [2.24, 2.45) is 0 Å². The molecule has 4 heterocycles. The lowest BCUT2D eigenvalue weighted by Gasteiger charge is -2.33. The van der Waals surface area contributed by atoms with Crippen LogP contribution in [0.3, 0.4) is 0 Å². The van der Waals surface area contributed by atoms with Crippen molar-refractivity contribution in [2.75, 3.05) is 37.7 Å². The molecule has 6 nitrogen and oxygen atoms in total. The molecule has 0 aliphatic carbocycles. The van der Waals surface area contributed by atoms with E-state index in [9.17, 15) is 9.90 Å². The molecule has 5 rings (SSSR count). The van der Waals surface area contributed by atoms with E-state index in [0.29, 0.717) is 16.9 Å². The molecule has 0 saturated carbocycles. The first-order valence-corrected chi connectivity index (χ1v) is 8.94. The van der Waals surface area contributed by atoms with E-state index in [1.165, 1.54) is 36.8 Å². The number of fused-ring (bicyclic) bond motifs is 5. The number of benzene rings is 1. The van der Waals surface area contributed by atoms with E-state index in [0.717, 1.165) is 24.4 Å². The van der Waals surface area contributed by atoms with Gasteiger partial charge in [0.25, 0.3) is 5.56 Å². The highest BCUT2D eigenvalue weighted by Gasteiger charge is 2.29. The van der Waals surface area contributed by atoms with Crippen LogP contribution in [0.15, 0.2) is 34.9 Å². The molecule has 1 aromatic heterocycles. The predicted molar refractivity (Wildman–Crippen MR) is 99.8 cm³/mol. The topological polar surface area (TPSA) is 61.6 Å². The maximum absolute atomic E-state index is 12.8. The SMILES string of the molecule is C/C(=C\n1cnc2ccc(N3CCN4CCC3CC4)cc2c1=O)CO. The van der Waals surface area contributed by atoms with E-state index in [1.807, 2.05) is 12.1 Å².